The minimum absolute atomic E-state index is 0.283. The highest BCUT2D eigenvalue weighted by atomic mass is 35.5. The van der Waals surface area contributed by atoms with E-state index >= 15 is 0 Å². The zero-order valence-electron chi connectivity index (χ0n) is 10.0. The summed E-state index contributed by atoms with van der Waals surface area (Å²) in [4.78, 5) is 11.8. The minimum atomic E-state index is 0.283. The summed E-state index contributed by atoms with van der Waals surface area (Å²) in [5.74, 6) is 0.283. The van der Waals surface area contributed by atoms with Crippen LogP contribution in [0.2, 0.25) is 5.02 Å². The molecule has 0 spiro atoms. The minimum Gasteiger partial charge on any atom is -0.346 e. The van der Waals surface area contributed by atoms with Crippen molar-refractivity contribution in [3.8, 4) is 0 Å². The lowest BCUT2D eigenvalue weighted by molar-refractivity contribution is 0.0972. The third kappa shape index (κ3) is 2.08. The monoisotopic (exact) mass is 259 g/mol. The zero-order valence-corrected chi connectivity index (χ0v) is 10.8. The second kappa shape index (κ2) is 4.62. The van der Waals surface area contributed by atoms with Crippen LogP contribution in [0.5, 0.6) is 0 Å². The van der Waals surface area contributed by atoms with E-state index in [1.807, 2.05) is 36.5 Å². The molecule has 1 aromatic carbocycles. The molecule has 1 aliphatic carbocycles. The van der Waals surface area contributed by atoms with Crippen LogP contribution in [0.15, 0.2) is 36.5 Å². The molecule has 0 radical (unpaired) electrons. The van der Waals surface area contributed by atoms with Gasteiger partial charge in [0.15, 0.2) is 5.78 Å². The van der Waals surface area contributed by atoms with Crippen molar-refractivity contribution in [2.75, 3.05) is 0 Å². The fourth-order valence-electron chi connectivity index (χ4n) is 2.52. The maximum absolute atomic E-state index is 11.8. The van der Waals surface area contributed by atoms with E-state index in [1.54, 1.807) is 0 Å². The van der Waals surface area contributed by atoms with Gasteiger partial charge in [0, 0.05) is 35.4 Å². The molecule has 0 saturated heterocycles. The van der Waals surface area contributed by atoms with Crippen LogP contribution in [0.4, 0.5) is 0 Å². The number of benzene rings is 1. The summed E-state index contributed by atoms with van der Waals surface area (Å²) in [6.45, 7) is 0.805. The van der Waals surface area contributed by atoms with Crippen LogP contribution < -0.4 is 0 Å². The van der Waals surface area contributed by atoms with Gasteiger partial charge in [0.1, 0.15) is 0 Å². The number of nitrogens with zero attached hydrogens (tertiary/aromatic N) is 1. The van der Waals surface area contributed by atoms with Crippen LogP contribution in [0.3, 0.4) is 0 Å². The van der Waals surface area contributed by atoms with E-state index in [4.69, 9.17) is 11.6 Å². The third-order valence-corrected chi connectivity index (χ3v) is 3.71. The Kier molecular flexibility index (Phi) is 2.96. The first-order valence-electron chi connectivity index (χ1n) is 6.20. The molecule has 1 aromatic heterocycles. The largest absolute Gasteiger partial charge is 0.346 e. The van der Waals surface area contributed by atoms with Crippen molar-refractivity contribution in [3.63, 3.8) is 0 Å². The van der Waals surface area contributed by atoms with Gasteiger partial charge in [0.25, 0.3) is 0 Å². The topological polar surface area (TPSA) is 22.0 Å². The van der Waals surface area contributed by atoms with Gasteiger partial charge in [-0.1, -0.05) is 23.7 Å². The normalized spacial score (nSPS) is 14.6. The molecule has 1 aliphatic rings. The number of aromatic nitrogens is 1. The first kappa shape index (κ1) is 11.5. The predicted octanol–water partition coefficient (Wildman–Crippen LogP) is 3.71. The Bertz CT molecular complexity index is 583. The lowest BCUT2D eigenvalue weighted by Crippen LogP contribution is -2.13. The average molecular weight is 260 g/mol. The number of ketones is 1. The number of carbonyl (C=O) groups excluding carboxylic acids is 1. The molecule has 92 valence electrons. The summed E-state index contributed by atoms with van der Waals surface area (Å²) in [5.41, 5.74) is 3.30. The number of rotatable bonds is 2. The molecule has 1 heterocycles. The Morgan fingerprint density at radius 2 is 1.89 bits per heavy atom. The third-order valence-electron chi connectivity index (χ3n) is 3.46. The maximum atomic E-state index is 11.8. The number of hydrogen-bond donors (Lipinski definition) is 0. The molecule has 0 saturated carbocycles. The summed E-state index contributed by atoms with van der Waals surface area (Å²) in [6.07, 6.45) is 4.68. The molecule has 3 heteroatoms. The van der Waals surface area contributed by atoms with Gasteiger partial charge in [-0.05, 0) is 36.6 Å². The lowest BCUT2D eigenvalue weighted by Gasteiger charge is -2.15. The van der Waals surface area contributed by atoms with E-state index in [1.165, 1.54) is 11.3 Å². The van der Waals surface area contributed by atoms with Crippen molar-refractivity contribution < 1.29 is 4.79 Å². The molecule has 0 fully saturated rings. The summed E-state index contributed by atoms with van der Waals surface area (Å²) in [6, 6.07) is 9.81. The quantitative estimate of drug-likeness (QED) is 0.806. The Hall–Kier alpha value is -1.54. The number of carbonyl (C=O) groups is 1. The second-order valence-electron chi connectivity index (χ2n) is 4.71. The van der Waals surface area contributed by atoms with Crippen LogP contribution in [-0.4, -0.2) is 10.4 Å². The standard InChI is InChI=1S/C15H14ClNO/c16-12-6-4-11(5-7-12)10-17-9-8-13-14(17)2-1-3-15(13)18/h4-9H,1-3,10H2. The molecule has 0 aliphatic heterocycles. The molecule has 18 heavy (non-hydrogen) atoms. The van der Waals surface area contributed by atoms with E-state index < -0.39 is 0 Å². The molecular formula is C15H14ClNO. The van der Waals surface area contributed by atoms with E-state index in [-0.39, 0.29) is 5.78 Å². The molecule has 0 unspecified atom stereocenters. The predicted molar refractivity (Wildman–Crippen MR) is 72.3 cm³/mol. The molecule has 0 N–H and O–H groups in total. The van der Waals surface area contributed by atoms with E-state index in [9.17, 15) is 4.79 Å². The van der Waals surface area contributed by atoms with Gasteiger partial charge in [-0.15, -0.1) is 0 Å². The highest BCUT2D eigenvalue weighted by Gasteiger charge is 2.20. The first-order chi connectivity index (χ1) is 8.74. The van der Waals surface area contributed by atoms with Gasteiger partial charge in [-0.2, -0.15) is 0 Å². The highest BCUT2D eigenvalue weighted by Crippen LogP contribution is 2.23. The fraction of sp³-hybridized carbons (Fsp3) is 0.267. The van der Waals surface area contributed by atoms with Crippen molar-refractivity contribution in [1.82, 2.24) is 4.57 Å². The number of Topliss-reactive ketones (excluding diaryl/α,β-unsaturated/α-hetero) is 1. The van der Waals surface area contributed by atoms with Crippen molar-refractivity contribution in [2.24, 2.45) is 0 Å². The Morgan fingerprint density at radius 3 is 2.67 bits per heavy atom. The molecule has 0 atom stereocenters. The zero-order chi connectivity index (χ0) is 12.5. The number of halogens is 1. The van der Waals surface area contributed by atoms with Gasteiger partial charge in [-0.25, -0.2) is 0 Å². The summed E-state index contributed by atoms with van der Waals surface area (Å²) < 4.78 is 2.18. The number of fused-ring (bicyclic) bond motifs is 1. The lowest BCUT2D eigenvalue weighted by atomic mass is 9.97. The molecule has 0 bridgehead atoms. The summed E-state index contributed by atoms with van der Waals surface area (Å²) >= 11 is 5.88. The van der Waals surface area contributed by atoms with E-state index in [0.29, 0.717) is 6.42 Å². The van der Waals surface area contributed by atoms with Crippen LogP contribution in [-0.2, 0) is 13.0 Å². The summed E-state index contributed by atoms with van der Waals surface area (Å²) in [7, 11) is 0. The molecule has 2 aromatic rings. The van der Waals surface area contributed by atoms with Gasteiger partial charge in [-0.3, -0.25) is 4.79 Å². The molecule has 0 amide bonds. The second-order valence-corrected chi connectivity index (χ2v) is 5.14. The van der Waals surface area contributed by atoms with E-state index in [0.717, 1.165) is 30.0 Å². The Balaban J connectivity index is 1.89. The Labute approximate surface area is 111 Å². The van der Waals surface area contributed by atoms with Crippen LogP contribution in [0.25, 0.3) is 0 Å². The van der Waals surface area contributed by atoms with Gasteiger partial charge < -0.3 is 4.57 Å². The molecular weight excluding hydrogens is 246 g/mol. The van der Waals surface area contributed by atoms with Crippen LogP contribution in [0.1, 0.15) is 34.5 Å². The van der Waals surface area contributed by atoms with Crippen LogP contribution >= 0.6 is 11.6 Å². The SMILES string of the molecule is O=C1CCCc2c1ccn2Cc1ccc(Cl)cc1. The smallest absolute Gasteiger partial charge is 0.164 e. The average Bonchev–Trinajstić information content (AvgIpc) is 2.77. The van der Waals surface area contributed by atoms with E-state index in [2.05, 4.69) is 4.57 Å². The molecule has 2 nitrogen and oxygen atoms in total. The maximum Gasteiger partial charge on any atom is 0.164 e. The van der Waals surface area contributed by atoms with Crippen molar-refractivity contribution in [3.05, 3.63) is 58.4 Å². The summed E-state index contributed by atoms with van der Waals surface area (Å²) in [5, 5.41) is 0.753. The van der Waals surface area contributed by atoms with Crippen molar-refractivity contribution >= 4 is 17.4 Å². The highest BCUT2D eigenvalue weighted by molar-refractivity contribution is 6.30. The number of hydrogen-bond acceptors (Lipinski definition) is 1. The first-order valence-corrected chi connectivity index (χ1v) is 6.57. The van der Waals surface area contributed by atoms with Crippen molar-refractivity contribution in [1.29, 1.82) is 0 Å². The van der Waals surface area contributed by atoms with Crippen LogP contribution in [0, 0.1) is 0 Å². The van der Waals surface area contributed by atoms with Gasteiger partial charge >= 0.3 is 0 Å². The van der Waals surface area contributed by atoms with Crippen molar-refractivity contribution in [2.45, 2.75) is 25.8 Å². The van der Waals surface area contributed by atoms with Gasteiger partial charge in [0.2, 0.25) is 0 Å². The molecule has 3 rings (SSSR count). The fourth-order valence-corrected chi connectivity index (χ4v) is 2.65. The van der Waals surface area contributed by atoms with Gasteiger partial charge in [0.05, 0.1) is 0 Å². The Morgan fingerprint density at radius 1 is 1.11 bits per heavy atom.